The number of amides is 3. The number of ether oxygens (including phenoxy) is 1. The van der Waals surface area contributed by atoms with E-state index in [9.17, 15) is 9.59 Å². The maximum absolute atomic E-state index is 11.7. The van der Waals surface area contributed by atoms with E-state index < -0.39 is 18.0 Å². The average Bonchev–Trinajstić information content (AvgIpc) is 2.32. The van der Waals surface area contributed by atoms with E-state index in [2.05, 4.69) is 10.6 Å². The van der Waals surface area contributed by atoms with Crippen LogP contribution in [0, 0.1) is 0 Å². The molecule has 6 heteroatoms. The van der Waals surface area contributed by atoms with Crippen molar-refractivity contribution in [1.82, 2.24) is 10.6 Å². The van der Waals surface area contributed by atoms with Gasteiger partial charge in [-0.05, 0) is 26.7 Å². The summed E-state index contributed by atoms with van der Waals surface area (Å²) in [6, 6.07) is -0.510. The summed E-state index contributed by atoms with van der Waals surface area (Å²) in [5.74, 6) is -0.432. The Labute approximate surface area is 108 Å². The summed E-state index contributed by atoms with van der Waals surface area (Å²) >= 11 is 0. The molecule has 4 N–H and O–H groups in total. The highest BCUT2D eigenvalue weighted by molar-refractivity contribution is 5.96. The predicted octanol–water partition coefficient (Wildman–Crippen LogP) is 0.507. The monoisotopic (exact) mass is 257 g/mol. The zero-order valence-corrected chi connectivity index (χ0v) is 11.1. The molecule has 0 aromatic rings. The van der Waals surface area contributed by atoms with Crippen molar-refractivity contribution < 1.29 is 14.3 Å². The van der Waals surface area contributed by atoms with Gasteiger partial charge in [0, 0.05) is 12.6 Å². The molecular weight excluding hydrogens is 234 g/mol. The van der Waals surface area contributed by atoms with Crippen LogP contribution in [0.25, 0.3) is 0 Å². The summed E-state index contributed by atoms with van der Waals surface area (Å²) in [4.78, 5) is 22.9. The van der Waals surface area contributed by atoms with E-state index in [4.69, 9.17) is 10.5 Å². The molecule has 1 rings (SSSR count). The van der Waals surface area contributed by atoms with Gasteiger partial charge in [-0.1, -0.05) is 12.8 Å². The third-order valence-corrected chi connectivity index (χ3v) is 3.08. The van der Waals surface area contributed by atoms with E-state index in [1.807, 2.05) is 0 Å². The summed E-state index contributed by atoms with van der Waals surface area (Å²) < 4.78 is 5.63. The molecule has 1 aliphatic rings. The van der Waals surface area contributed by atoms with E-state index in [1.54, 1.807) is 13.8 Å². The Morgan fingerprint density at radius 2 is 2.06 bits per heavy atom. The second-order valence-corrected chi connectivity index (χ2v) is 4.61. The summed E-state index contributed by atoms with van der Waals surface area (Å²) in [5.41, 5.74) is 5.94. The minimum atomic E-state index is -0.665. The third-order valence-electron chi connectivity index (χ3n) is 3.08. The largest absolute Gasteiger partial charge is 0.364 e. The van der Waals surface area contributed by atoms with Crippen molar-refractivity contribution in [3.05, 3.63) is 0 Å². The molecule has 0 radical (unpaired) electrons. The van der Waals surface area contributed by atoms with Gasteiger partial charge < -0.3 is 15.8 Å². The molecule has 3 unspecified atom stereocenters. The van der Waals surface area contributed by atoms with Gasteiger partial charge in [0.1, 0.15) is 6.10 Å². The summed E-state index contributed by atoms with van der Waals surface area (Å²) in [5, 5.41) is 4.72. The maximum Gasteiger partial charge on any atom is 0.321 e. The smallest absolute Gasteiger partial charge is 0.321 e. The topological polar surface area (TPSA) is 93.5 Å². The Morgan fingerprint density at radius 3 is 2.67 bits per heavy atom. The zero-order chi connectivity index (χ0) is 13.5. The summed E-state index contributed by atoms with van der Waals surface area (Å²) in [7, 11) is 0. The highest BCUT2D eigenvalue weighted by atomic mass is 16.5. The molecule has 0 saturated heterocycles. The van der Waals surface area contributed by atoms with Crippen LogP contribution >= 0.6 is 0 Å². The van der Waals surface area contributed by atoms with Crippen LogP contribution in [0.4, 0.5) is 4.79 Å². The number of carbonyl (C=O) groups excluding carboxylic acids is 2. The van der Waals surface area contributed by atoms with Gasteiger partial charge in [-0.3, -0.25) is 10.1 Å². The van der Waals surface area contributed by atoms with Gasteiger partial charge in [0.05, 0.1) is 6.10 Å². The lowest BCUT2D eigenvalue weighted by molar-refractivity contribution is -0.136. The highest BCUT2D eigenvalue weighted by Crippen LogP contribution is 2.20. The molecule has 0 aromatic heterocycles. The van der Waals surface area contributed by atoms with Crippen molar-refractivity contribution in [2.24, 2.45) is 5.73 Å². The van der Waals surface area contributed by atoms with E-state index in [0.717, 1.165) is 25.7 Å². The summed E-state index contributed by atoms with van der Waals surface area (Å²) in [6.07, 6.45) is 3.23. The number of urea groups is 1. The standard InChI is InChI=1S/C12H23N3O3/c1-3-14-12(17)15-11(16)8(2)18-10-7-5-4-6-9(10)13/h8-10H,3-7,13H2,1-2H3,(H2,14,15,16,17). The molecular formula is C12H23N3O3. The van der Waals surface area contributed by atoms with E-state index >= 15 is 0 Å². The molecule has 0 bridgehead atoms. The lowest BCUT2D eigenvalue weighted by Gasteiger charge is -2.30. The number of carbonyl (C=O) groups is 2. The molecule has 18 heavy (non-hydrogen) atoms. The van der Waals surface area contributed by atoms with Crippen molar-refractivity contribution in [3.8, 4) is 0 Å². The second kappa shape index (κ2) is 7.33. The minimum Gasteiger partial charge on any atom is -0.364 e. The Bertz CT molecular complexity index is 296. The average molecular weight is 257 g/mol. The molecule has 0 aliphatic heterocycles. The van der Waals surface area contributed by atoms with Crippen LogP contribution in [0.15, 0.2) is 0 Å². The Morgan fingerprint density at radius 1 is 1.39 bits per heavy atom. The molecule has 104 valence electrons. The van der Waals surface area contributed by atoms with Crippen LogP contribution in [0.5, 0.6) is 0 Å². The molecule has 1 saturated carbocycles. The van der Waals surface area contributed by atoms with Gasteiger partial charge in [0.2, 0.25) is 0 Å². The van der Waals surface area contributed by atoms with Crippen molar-refractivity contribution in [2.45, 2.75) is 57.8 Å². The number of nitrogens with one attached hydrogen (secondary N) is 2. The van der Waals surface area contributed by atoms with Gasteiger partial charge in [0.25, 0.3) is 5.91 Å². The summed E-state index contributed by atoms with van der Waals surface area (Å²) in [6.45, 7) is 3.89. The molecule has 0 aromatic carbocycles. The fourth-order valence-electron chi connectivity index (χ4n) is 2.04. The van der Waals surface area contributed by atoms with E-state index in [0.29, 0.717) is 6.54 Å². The molecule has 0 heterocycles. The normalized spacial score (nSPS) is 25.3. The fraction of sp³-hybridized carbons (Fsp3) is 0.833. The Kier molecular flexibility index (Phi) is 6.07. The third kappa shape index (κ3) is 4.62. The molecule has 6 nitrogen and oxygen atoms in total. The number of hydrogen-bond donors (Lipinski definition) is 3. The van der Waals surface area contributed by atoms with Gasteiger partial charge >= 0.3 is 6.03 Å². The van der Waals surface area contributed by atoms with Crippen LogP contribution in [0.1, 0.15) is 39.5 Å². The molecule has 3 atom stereocenters. The van der Waals surface area contributed by atoms with Crippen molar-refractivity contribution >= 4 is 11.9 Å². The number of nitrogens with two attached hydrogens (primary N) is 1. The second-order valence-electron chi connectivity index (χ2n) is 4.61. The SMILES string of the molecule is CCNC(=O)NC(=O)C(C)OC1CCCCC1N. The van der Waals surface area contributed by atoms with Crippen LogP contribution < -0.4 is 16.4 Å². The maximum atomic E-state index is 11.7. The zero-order valence-electron chi connectivity index (χ0n) is 11.1. The number of hydrogen-bond acceptors (Lipinski definition) is 4. The van der Waals surface area contributed by atoms with Crippen molar-refractivity contribution in [2.75, 3.05) is 6.54 Å². The van der Waals surface area contributed by atoms with Crippen LogP contribution in [-0.4, -0.2) is 36.7 Å². The van der Waals surface area contributed by atoms with E-state index in [-0.39, 0.29) is 12.1 Å². The van der Waals surface area contributed by atoms with Crippen LogP contribution in [0.2, 0.25) is 0 Å². The molecule has 1 aliphatic carbocycles. The number of rotatable bonds is 4. The first-order valence-electron chi connectivity index (χ1n) is 6.54. The lowest BCUT2D eigenvalue weighted by Crippen LogP contribution is -2.47. The molecule has 1 fully saturated rings. The van der Waals surface area contributed by atoms with Gasteiger partial charge in [-0.25, -0.2) is 4.79 Å². The van der Waals surface area contributed by atoms with Crippen molar-refractivity contribution in [3.63, 3.8) is 0 Å². The van der Waals surface area contributed by atoms with E-state index in [1.165, 1.54) is 0 Å². The first kappa shape index (κ1) is 14.9. The van der Waals surface area contributed by atoms with Gasteiger partial charge in [-0.15, -0.1) is 0 Å². The quantitative estimate of drug-likeness (QED) is 0.684. The first-order valence-corrected chi connectivity index (χ1v) is 6.54. The Hall–Kier alpha value is -1.14. The molecule has 0 spiro atoms. The van der Waals surface area contributed by atoms with Crippen molar-refractivity contribution in [1.29, 1.82) is 0 Å². The minimum absolute atomic E-state index is 0.0153. The molecule has 3 amide bonds. The van der Waals surface area contributed by atoms with Crippen LogP contribution in [-0.2, 0) is 9.53 Å². The fourth-order valence-corrected chi connectivity index (χ4v) is 2.04. The number of imide groups is 1. The highest BCUT2D eigenvalue weighted by Gasteiger charge is 2.27. The first-order chi connectivity index (χ1) is 8.54. The van der Waals surface area contributed by atoms with Crippen LogP contribution in [0.3, 0.4) is 0 Å². The Balaban J connectivity index is 2.36. The van der Waals surface area contributed by atoms with Gasteiger partial charge in [0.15, 0.2) is 0 Å². The lowest BCUT2D eigenvalue weighted by atomic mass is 9.93. The predicted molar refractivity (Wildman–Crippen MR) is 68.0 cm³/mol. The van der Waals surface area contributed by atoms with Gasteiger partial charge in [-0.2, -0.15) is 0 Å².